The lowest BCUT2D eigenvalue weighted by atomic mass is 10.3. The fraction of sp³-hybridized carbons (Fsp3) is 0.100. The van der Waals surface area contributed by atoms with E-state index in [1.165, 1.54) is 0 Å². The molecule has 0 radical (unpaired) electrons. The molecule has 0 bridgehead atoms. The number of hydrogen-bond donors (Lipinski definition) is 1. The summed E-state index contributed by atoms with van der Waals surface area (Å²) in [7, 11) is 0. The second kappa shape index (κ2) is 4.08. The summed E-state index contributed by atoms with van der Waals surface area (Å²) in [5, 5.41) is 0.557. The maximum atomic E-state index is 6.01. The summed E-state index contributed by atoms with van der Waals surface area (Å²) in [4.78, 5) is 11.4. The highest BCUT2D eigenvalue weighted by Crippen LogP contribution is 2.21. The Morgan fingerprint density at radius 3 is 2.93 bits per heavy atom. The van der Waals surface area contributed by atoms with E-state index in [1.54, 1.807) is 24.4 Å². The van der Waals surface area contributed by atoms with Gasteiger partial charge in [-0.2, -0.15) is 0 Å². The minimum absolute atomic E-state index is 0.531. The zero-order chi connectivity index (χ0) is 10.8. The van der Waals surface area contributed by atoms with Gasteiger partial charge in [0.2, 0.25) is 0 Å². The SMILES string of the molecule is Cc1cc(=S)nc(-c2ncccc2Cl)[nH]1. The van der Waals surface area contributed by atoms with E-state index in [1.807, 2.05) is 6.92 Å². The molecule has 0 aromatic carbocycles. The van der Waals surface area contributed by atoms with E-state index in [-0.39, 0.29) is 0 Å². The van der Waals surface area contributed by atoms with Gasteiger partial charge in [0.05, 0.1) is 5.02 Å². The number of hydrogen-bond acceptors (Lipinski definition) is 3. The van der Waals surface area contributed by atoms with Crippen LogP contribution in [0.5, 0.6) is 0 Å². The van der Waals surface area contributed by atoms with Crippen LogP contribution in [0.4, 0.5) is 0 Å². The van der Waals surface area contributed by atoms with E-state index in [0.717, 1.165) is 5.69 Å². The summed E-state index contributed by atoms with van der Waals surface area (Å²) in [6.45, 7) is 1.91. The van der Waals surface area contributed by atoms with Crippen LogP contribution >= 0.6 is 23.8 Å². The van der Waals surface area contributed by atoms with Crippen molar-refractivity contribution in [2.45, 2.75) is 6.92 Å². The van der Waals surface area contributed by atoms with E-state index in [0.29, 0.717) is 21.2 Å². The van der Waals surface area contributed by atoms with E-state index >= 15 is 0 Å². The van der Waals surface area contributed by atoms with Gasteiger partial charge in [-0.3, -0.25) is 4.98 Å². The Morgan fingerprint density at radius 1 is 1.47 bits per heavy atom. The van der Waals surface area contributed by atoms with Crippen LogP contribution in [-0.4, -0.2) is 15.0 Å². The second-order valence-electron chi connectivity index (χ2n) is 3.08. The highest BCUT2D eigenvalue weighted by atomic mass is 35.5. The van der Waals surface area contributed by atoms with Gasteiger partial charge in [-0.25, -0.2) is 4.98 Å². The quantitative estimate of drug-likeness (QED) is 0.775. The summed E-state index contributed by atoms with van der Waals surface area (Å²) in [6.07, 6.45) is 1.67. The van der Waals surface area contributed by atoms with Gasteiger partial charge in [0.15, 0.2) is 5.82 Å². The lowest BCUT2D eigenvalue weighted by Gasteiger charge is -2.03. The van der Waals surface area contributed by atoms with E-state index < -0.39 is 0 Å². The summed E-state index contributed by atoms with van der Waals surface area (Å²) in [5.74, 6) is 0.602. The smallest absolute Gasteiger partial charge is 0.159 e. The molecular weight excluding hydrogens is 230 g/mol. The fourth-order valence-electron chi connectivity index (χ4n) is 1.25. The second-order valence-corrected chi connectivity index (χ2v) is 3.91. The number of nitrogens with one attached hydrogen (secondary N) is 1. The number of aromatic nitrogens is 3. The monoisotopic (exact) mass is 237 g/mol. The summed E-state index contributed by atoms with van der Waals surface area (Å²) in [6, 6.07) is 5.33. The van der Waals surface area contributed by atoms with Gasteiger partial charge in [0.1, 0.15) is 10.3 Å². The minimum atomic E-state index is 0.531. The molecule has 0 unspecified atom stereocenters. The third kappa shape index (κ3) is 2.22. The molecule has 0 saturated carbocycles. The molecule has 0 fully saturated rings. The Hall–Kier alpha value is -1.26. The van der Waals surface area contributed by atoms with Crippen LogP contribution in [0.1, 0.15) is 5.69 Å². The molecular formula is C10H8ClN3S. The molecule has 76 valence electrons. The number of rotatable bonds is 1. The average molecular weight is 238 g/mol. The molecule has 2 aromatic heterocycles. The molecule has 0 spiro atoms. The first-order chi connectivity index (χ1) is 7.16. The molecule has 0 atom stereocenters. The molecule has 1 N–H and O–H groups in total. The van der Waals surface area contributed by atoms with Gasteiger partial charge in [0, 0.05) is 11.9 Å². The molecule has 2 heterocycles. The predicted octanol–water partition coefficient (Wildman–Crippen LogP) is 3.16. The van der Waals surface area contributed by atoms with Gasteiger partial charge < -0.3 is 4.98 Å². The molecule has 3 nitrogen and oxygen atoms in total. The Labute approximate surface area is 97.2 Å². The van der Waals surface area contributed by atoms with Gasteiger partial charge in [-0.15, -0.1) is 0 Å². The molecule has 0 aliphatic heterocycles. The third-order valence-corrected chi connectivity index (χ3v) is 2.37. The number of pyridine rings is 1. The van der Waals surface area contributed by atoms with Crippen molar-refractivity contribution >= 4 is 23.8 Å². The van der Waals surface area contributed by atoms with Crippen LogP contribution < -0.4 is 0 Å². The molecule has 2 aromatic rings. The van der Waals surface area contributed by atoms with Crippen molar-refractivity contribution in [3.05, 3.63) is 39.8 Å². The molecule has 0 aliphatic rings. The Balaban J connectivity index is 2.64. The van der Waals surface area contributed by atoms with E-state index in [2.05, 4.69) is 15.0 Å². The van der Waals surface area contributed by atoms with Crippen LogP contribution in [0, 0.1) is 11.6 Å². The number of H-pyrrole nitrogens is 1. The van der Waals surface area contributed by atoms with Crippen molar-refractivity contribution in [3.8, 4) is 11.5 Å². The lowest BCUT2D eigenvalue weighted by molar-refractivity contribution is 1.08. The molecule has 0 amide bonds. The number of aryl methyl sites for hydroxylation is 1. The summed E-state index contributed by atoms with van der Waals surface area (Å²) < 4.78 is 0.531. The largest absolute Gasteiger partial charge is 0.342 e. The zero-order valence-electron chi connectivity index (χ0n) is 7.99. The standard InChI is InChI=1S/C10H8ClN3S/c1-6-5-8(15)14-10(13-6)9-7(11)3-2-4-12-9/h2-5H,1H3,(H,13,14,15). The Kier molecular flexibility index (Phi) is 2.79. The summed E-state index contributed by atoms with van der Waals surface area (Å²) >= 11 is 11.0. The summed E-state index contributed by atoms with van der Waals surface area (Å²) in [5.41, 5.74) is 1.56. The third-order valence-electron chi connectivity index (χ3n) is 1.86. The van der Waals surface area contributed by atoms with Crippen molar-refractivity contribution in [1.82, 2.24) is 15.0 Å². The van der Waals surface area contributed by atoms with Crippen molar-refractivity contribution in [1.29, 1.82) is 0 Å². The van der Waals surface area contributed by atoms with Crippen LogP contribution in [-0.2, 0) is 0 Å². The van der Waals surface area contributed by atoms with Crippen LogP contribution in [0.25, 0.3) is 11.5 Å². The maximum Gasteiger partial charge on any atom is 0.159 e. The normalized spacial score (nSPS) is 10.3. The first kappa shape index (κ1) is 10.3. The highest BCUT2D eigenvalue weighted by molar-refractivity contribution is 7.71. The van der Waals surface area contributed by atoms with Gasteiger partial charge in [-0.05, 0) is 25.1 Å². The van der Waals surface area contributed by atoms with Gasteiger partial charge >= 0.3 is 0 Å². The van der Waals surface area contributed by atoms with Gasteiger partial charge in [-0.1, -0.05) is 23.8 Å². The number of halogens is 1. The molecule has 2 rings (SSSR count). The topological polar surface area (TPSA) is 41.6 Å². The fourth-order valence-corrected chi connectivity index (χ4v) is 1.73. The Morgan fingerprint density at radius 2 is 2.27 bits per heavy atom. The Bertz CT molecular complexity index is 550. The maximum absolute atomic E-state index is 6.01. The minimum Gasteiger partial charge on any atom is -0.342 e. The van der Waals surface area contributed by atoms with Crippen LogP contribution in [0.15, 0.2) is 24.4 Å². The first-order valence-corrected chi connectivity index (χ1v) is 5.14. The highest BCUT2D eigenvalue weighted by Gasteiger charge is 2.06. The molecule has 0 aliphatic carbocycles. The van der Waals surface area contributed by atoms with Crippen molar-refractivity contribution < 1.29 is 0 Å². The first-order valence-electron chi connectivity index (χ1n) is 4.35. The van der Waals surface area contributed by atoms with Crippen molar-refractivity contribution in [2.24, 2.45) is 0 Å². The molecule has 15 heavy (non-hydrogen) atoms. The number of aromatic amines is 1. The van der Waals surface area contributed by atoms with Crippen LogP contribution in [0.2, 0.25) is 5.02 Å². The van der Waals surface area contributed by atoms with E-state index in [9.17, 15) is 0 Å². The zero-order valence-corrected chi connectivity index (χ0v) is 9.56. The van der Waals surface area contributed by atoms with E-state index in [4.69, 9.17) is 23.8 Å². The average Bonchev–Trinajstić information content (AvgIpc) is 2.16. The molecule has 5 heteroatoms. The lowest BCUT2D eigenvalue weighted by Crippen LogP contribution is -1.94. The van der Waals surface area contributed by atoms with Crippen molar-refractivity contribution in [2.75, 3.05) is 0 Å². The number of nitrogens with zero attached hydrogens (tertiary/aromatic N) is 2. The van der Waals surface area contributed by atoms with Crippen LogP contribution in [0.3, 0.4) is 0 Å². The predicted molar refractivity (Wildman–Crippen MR) is 62.4 cm³/mol. The van der Waals surface area contributed by atoms with Gasteiger partial charge in [0.25, 0.3) is 0 Å². The molecule has 0 saturated heterocycles. The van der Waals surface area contributed by atoms with Crippen molar-refractivity contribution in [3.63, 3.8) is 0 Å².